The predicted molar refractivity (Wildman–Crippen MR) is 86.9 cm³/mol. The molecule has 2 aromatic carbocycles. The molecular formula is C16H12ClN3O4. The summed E-state index contributed by atoms with van der Waals surface area (Å²) in [5.41, 5.74) is 1.68. The Kier molecular flexibility index (Phi) is 4.43. The van der Waals surface area contributed by atoms with Crippen LogP contribution in [0.15, 0.2) is 47.0 Å². The largest absolute Gasteiger partial charge is 0.477 e. The van der Waals surface area contributed by atoms with E-state index in [2.05, 4.69) is 10.1 Å². The maximum atomic E-state index is 11.0. The molecule has 0 unspecified atom stereocenters. The first kappa shape index (κ1) is 15.9. The fourth-order valence-corrected chi connectivity index (χ4v) is 2.28. The molecule has 0 radical (unpaired) electrons. The topological polar surface area (TPSA) is 91.3 Å². The third-order valence-corrected chi connectivity index (χ3v) is 3.45. The Hall–Kier alpha value is -2.93. The normalized spacial score (nSPS) is 10.6. The van der Waals surface area contributed by atoms with E-state index in [1.54, 1.807) is 0 Å². The summed E-state index contributed by atoms with van der Waals surface area (Å²) in [7, 11) is 0. The van der Waals surface area contributed by atoms with Gasteiger partial charge in [-0.2, -0.15) is 4.98 Å². The number of hydrogen-bond acceptors (Lipinski definition) is 6. The average Bonchev–Trinajstić information content (AvgIpc) is 3.02. The van der Waals surface area contributed by atoms with Gasteiger partial charge < -0.3 is 9.26 Å². The van der Waals surface area contributed by atoms with E-state index in [-0.39, 0.29) is 29.0 Å². The van der Waals surface area contributed by atoms with Crippen molar-refractivity contribution < 1.29 is 14.2 Å². The minimum Gasteiger partial charge on any atom is -0.477 e. The lowest BCUT2D eigenvalue weighted by molar-refractivity contribution is -0.385. The number of benzene rings is 2. The second kappa shape index (κ2) is 6.67. The van der Waals surface area contributed by atoms with Crippen molar-refractivity contribution in [1.82, 2.24) is 10.1 Å². The summed E-state index contributed by atoms with van der Waals surface area (Å²) in [6.45, 7) is 1.88. The van der Waals surface area contributed by atoms with E-state index in [0.717, 1.165) is 11.1 Å². The average molecular weight is 346 g/mol. The van der Waals surface area contributed by atoms with Gasteiger partial charge in [-0.25, -0.2) is 0 Å². The molecule has 3 rings (SSSR count). The number of nitro benzene ring substituents is 1. The van der Waals surface area contributed by atoms with Crippen LogP contribution in [0.2, 0.25) is 5.02 Å². The number of aromatic nitrogens is 2. The van der Waals surface area contributed by atoms with Crippen molar-refractivity contribution in [3.8, 4) is 17.1 Å². The molecule has 0 amide bonds. The Bertz CT molecular complexity index is 895. The molecule has 1 heterocycles. The van der Waals surface area contributed by atoms with E-state index in [4.69, 9.17) is 20.9 Å². The lowest BCUT2D eigenvalue weighted by Crippen LogP contribution is -1.99. The van der Waals surface area contributed by atoms with Gasteiger partial charge in [0.25, 0.3) is 5.89 Å². The number of rotatable bonds is 5. The van der Waals surface area contributed by atoms with Crippen molar-refractivity contribution in [3.63, 3.8) is 0 Å². The highest BCUT2D eigenvalue weighted by Gasteiger charge is 2.17. The zero-order valence-electron chi connectivity index (χ0n) is 12.6. The Labute approximate surface area is 142 Å². The number of aryl methyl sites for hydroxylation is 1. The van der Waals surface area contributed by atoms with E-state index in [0.29, 0.717) is 5.82 Å². The van der Waals surface area contributed by atoms with Gasteiger partial charge in [-0.1, -0.05) is 40.5 Å². The van der Waals surface area contributed by atoms with Crippen LogP contribution in [-0.4, -0.2) is 15.1 Å². The number of ether oxygens (including phenoxy) is 1. The Morgan fingerprint density at radius 2 is 2.12 bits per heavy atom. The third-order valence-electron chi connectivity index (χ3n) is 3.21. The summed E-state index contributed by atoms with van der Waals surface area (Å²) in [5, 5.41) is 15.2. The summed E-state index contributed by atoms with van der Waals surface area (Å²) < 4.78 is 10.5. The Balaban J connectivity index is 1.76. The van der Waals surface area contributed by atoms with Crippen LogP contribution in [-0.2, 0) is 6.61 Å². The lowest BCUT2D eigenvalue weighted by atomic mass is 10.1. The van der Waals surface area contributed by atoms with Crippen LogP contribution in [0, 0.1) is 17.0 Å². The van der Waals surface area contributed by atoms with Gasteiger partial charge in [0.1, 0.15) is 0 Å². The van der Waals surface area contributed by atoms with Crippen LogP contribution < -0.4 is 4.74 Å². The standard InChI is InChI=1S/C16H12ClN3O4/c1-10-3-2-4-11(7-10)16-18-15(24-19-16)9-23-14-6-5-12(17)8-13(14)20(21)22/h2-8H,9H2,1H3. The highest BCUT2D eigenvalue weighted by atomic mass is 35.5. The minimum absolute atomic E-state index is 0.0821. The molecule has 0 saturated carbocycles. The summed E-state index contributed by atoms with van der Waals surface area (Å²) in [6, 6.07) is 11.8. The van der Waals surface area contributed by atoms with Gasteiger partial charge in [0.2, 0.25) is 5.82 Å². The number of halogens is 1. The lowest BCUT2D eigenvalue weighted by Gasteiger charge is -2.04. The molecule has 0 fully saturated rings. The fraction of sp³-hybridized carbons (Fsp3) is 0.125. The van der Waals surface area contributed by atoms with Crippen molar-refractivity contribution in [1.29, 1.82) is 0 Å². The summed E-state index contributed by atoms with van der Waals surface area (Å²) in [6.07, 6.45) is 0. The van der Waals surface area contributed by atoms with E-state index in [9.17, 15) is 10.1 Å². The molecule has 1 aromatic heterocycles. The maximum Gasteiger partial charge on any atom is 0.312 e. The van der Waals surface area contributed by atoms with E-state index in [1.165, 1.54) is 18.2 Å². The molecule has 122 valence electrons. The Morgan fingerprint density at radius 3 is 2.88 bits per heavy atom. The molecule has 0 spiro atoms. The summed E-state index contributed by atoms with van der Waals surface area (Å²) in [4.78, 5) is 14.7. The second-order valence-corrected chi connectivity index (χ2v) is 5.48. The first-order valence-corrected chi connectivity index (χ1v) is 7.37. The molecule has 0 N–H and O–H groups in total. The van der Waals surface area contributed by atoms with Gasteiger partial charge in [-0.05, 0) is 25.1 Å². The molecule has 0 aliphatic rings. The van der Waals surface area contributed by atoms with Crippen molar-refractivity contribution in [3.05, 3.63) is 69.1 Å². The fourth-order valence-electron chi connectivity index (χ4n) is 2.11. The van der Waals surface area contributed by atoms with Crippen LogP contribution in [0.25, 0.3) is 11.4 Å². The quantitative estimate of drug-likeness (QED) is 0.508. The van der Waals surface area contributed by atoms with E-state index >= 15 is 0 Å². The van der Waals surface area contributed by atoms with Gasteiger partial charge in [0.15, 0.2) is 12.4 Å². The number of nitrogens with zero attached hydrogens (tertiary/aromatic N) is 3. The van der Waals surface area contributed by atoms with Gasteiger partial charge >= 0.3 is 5.69 Å². The van der Waals surface area contributed by atoms with Gasteiger partial charge in [0, 0.05) is 16.7 Å². The molecule has 0 aliphatic heterocycles. The van der Waals surface area contributed by atoms with Gasteiger partial charge in [-0.15, -0.1) is 0 Å². The first-order valence-electron chi connectivity index (χ1n) is 6.99. The Morgan fingerprint density at radius 1 is 1.29 bits per heavy atom. The molecule has 0 atom stereocenters. The smallest absolute Gasteiger partial charge is 0.312 e. The zero-order valence-corrected chi connectivity index (χ0v) is 13.4. The zero-order chi connectivity index (χ0) is 17.1. The van der Waals surface area contributed by atoms with Gasteiger partial charge in [0.05, 0.1) is 4.92 Å². The van der Waals surface area contributed by atoms with Crippen molar-refractivity contribution in [2.45, 2.75) is 13.5 Å². The maximum absolute atomic E-state index is 11.0. The minimum atomic E-state index is -0.562. The molecule has 8 heteroatoms. The van der Waals surface area contributed by atoms with Crippen LogP contribution in [0.4, 0.5) is 5.69 Å². The molecule has 0 bridgehead atoms. The number of nitro groups is 1. The van der Waals surface area contributed by atoms with Gasteiger partial charge in [-0.3, -0.25) is 10.1 Å². The third kappa shape index (κ3) is 3.52. The molecule has 3 aromatic rings. The first-order chi connectivity index (χ1) is 11.5. The summed E-state index contributed by atoms with van der Waals surface area (Å²) in [5.74, 6) is 0.735. The van der Waals surface area contributed by atoms with Crippen LogP contribution in [0.1, 0.15) is 11.5 Å². The molecule has 24 heavy (non-hydrogen) atoms. The van der Waals surface area contributed by atoms with E-state index in [1.807, 2.05) is 31.2 Å². The summed E-state index contributed by atoms with van der Waals surface area (Å²) >= 11 is 5.76. The monoisotopic (exact) mass is 345 g/mol. The van der Waals surface area contributed by atoms with Crippen molar-refractivity contribution in [2.24, 2.45) is 0 Å². The molecule has 0 saturated heterocycles. The van der Waals surface area contributed by atoms with E-state index < -0.39 is 4.92 Å². The second-order valence-electron chi connectivity index (χ2n) is 5.04. The van der Waals surface area contributed by atoms with Crippen LogP contribution in [0.3, 0.4) is 0 Å². The molecule has 7 nitrogen and oxygen atoms in total. The number of hydrogen-bond donors (Lipinski definition) is 0. The van der Waals surface area contributed by atoms with Crippen molar-refractivity contribution in [2.75, 3.05) is 0 Å². The highest BCUT2D eigenvalue weighted by molar-refractivity contribution is 6.30. The van der Waals surface area contributed by atoms with Crippen molar-refractivity contribution >= 4 is 17.3 Å². The SMILES string of the molecule is Cc1cccc(-c2noc(COc3ccc(Cl)cc3[N+](=O)[O-])n2)c1. The predicted octanol–water partition coefficient (Wildman–Crippen LogP) is 4.19. The van der Waals surface area contributed by atoms with Crippen LogP contribution in [0.5, 0.6) is 5.75 Å². The van der Waals surface area contributed by atoms with Crippen LogP contribution >= 0.6 is 11.6 Å². The molecular weight excluding hydrogens is 334 g/mol. The molecule has 0 aliphatic carbocycles. The highest BCUT2D eigenvalue weighted by Crippen LogP contribution is 2.30.